The Morgan fingerprint density at radius 2 is 1.91 bits per heavy atom. The molecule has 0 atom stereocenters. The van der Waals surface area contributed by atoms with Crippen molar-refractivity contribution < 1.29 is 21.6 Å². The van der Waals surface area contributed by atoms with Crippen LogP contribution < -0.4 is 5.32 Å². The van der Waals surface area contributed by atoms with E-state index in [2.05, 4.69) is 21.4 Å². The highest BCUT2D eigenvalue weighted by atomic mass is 32.3. The zero-order chi connectivity index (χ0) is 23.8. The fraction of sp³-hybridized carbons (Fsp3) is 0.455. The Morgan fingerprint density at radius 1 is 1.18 bits per heavy atom. The molecule has 1 aromatic carbocycles. The number of rotatable bonds is 5. The van der Waals surface area contributed by atoms with E-state index in [4.69, 9.17) is 0 Å². The first kappa shape index (κ1) is 23.7. The van der Waals surface area contributed by atoms with Gasteiger partial charge in [-0.1, -0.05) is 22.8 Å². The molecule has 9 nitrogen and oxygen atoms in total. The monoisotopic (exact) mass is 492 g/mol. The van der Waals surface area contributed by atoms with Crippen LogP contribution in [-0.2, 0) is 20.0 Å². The van der Waals surface area contributed by atoms with Crippen molar-refractivity contribution in [3.05, 3.63) is 53.1 Å². The summed E-state index contributed by atoms with van der Waals surface area (Å²) >= 11 is 0. The number of hydrogen-bond donors (Lipinski definition) is 2. The van der Waals surface area contributed by atoms with Crippen molar-refractivity contribution in [1.29, 1.82) is 0 Å². The Balaban J connectivity index is 1.71. The molecule has 2 heterocycles. The molecule has 1 aromatic heterocycles. The molecular weight excluding hydrogens is 464 g/mol. The van der Waals surface area contributed by atoms with Gasteiger partial charge in [-0.3, -0.25) is 4.79 Å². The molecule has 2 N–H and O–H groups in total. The average molecular weight is 493 g/mol. The number of allylic oxidation sites excluding steroid dienone is 2. The van der Waals surface area contributed by atoms with Crippen molar-refractivity contribution in [2.45, 2.75) is 45.4 Å². The zero-order valence-electron chi connectivity index (χ0n) is 18.7. The van der Waals surface area contributed by atoms with Gasteiger partial charge in [-0.05, 0) is 55.9 Å². The predicted octanol–water partition coefficient (Wildman–Crippen LogP) is 3.01. The number of carbonyl (C=O) groups is 1. The molecule has 1 fully saturated rings. The number of anilines is 1. The van der Waals surface area contributed by atoms with Crippen LogP contribution in [0.15, 0.2) is 30.5 Å². The van der Waals surface area contributed by atoms with Crippen molar-refractivity contribution in [3.8, 4) is 0 Å². The summed E-state index contributed by atoms with van der Waals surface area (Å²) in [7, 11) is -7.86. The minimum Gasteiger partial charge on any atom is -0.338 e. The van der Waals surface area contributed by atoms with Crippen LogP contribution >= 0.6 is 0 Å². The lowest BCUT2D eigenvalue weighted by atomic mass is 9.89. The van der Waals surface area contributed by atoms with Crippen molar-refractivity contribution in [2.24, 2.45) is 0 Å². The summed E-state index contributed by atoms with van der Waals surface area (Å²) in [6, 6.07) is 5.25. The van der Waals surface area contributed by atoms with Gasteiger partial charge in [0.25, 0.3) is 5.91 Å². The number of sulfonamides is 2. The number of nitrogens with one attached hydrogen (secondary N) is 2. The molecule has 33 heavy (non-hydrogen) atoms. The number of amides is 1. The molecular formula is C22H28N4O5S2. The van der Waals surface area contributed by atoms with Crippen LogP contribution in [0, 0.1) is 6.92 Å². The molecule has 1 amide bonds. The van der Waals surface area contributed by atoms with Crippen molar-refractivity contribution >= 4 is 37.2 Å². The van der Waals surface area contributed by atoms with Gasteiger partial charge in [-0.15, -0.1) is 0 Å². The number of aromatic nitrogens is 2. The highest BCUT2D eigenvalue weighted by Crippen LogP contribution is 2.36. The minimum absolute atomic E-state index is 0.104. The van der Waals surface area contributed by atoms with Crippen LogP contribution in [0.4, 0.5) is 5.69 Å². The van der Waals surface area contributed by atoms with E-state index >= 15 is 0 Å². The van der Waals surface area contributed by atoms with E-state index in [0.29, 0.717) is 15.0 Å². The summed E-state index contributed by atoms with van der Waals surface area (Å²) in [4.78, 5) is 19.7. The Morgan fingerprint density at radius 3 is 2.48 bits per heavy atom. The Labute approximate surface area is 194 Å². The summed E-state index contributed by atoms with van der Waals surface area (Å²) in [6.45, 7) is 3.22. The van der Waals surface area contributed by atoms with E-state index < -0.39 is 26.0 Å². The molecule has 4 rings (SSSR count). The number of imidazole rings is 1. The Kier molecular flexibility index (Phi) is 6.47. The van der Waals surface area contributed by atoms with Gasteiger partial charge in [0.1, 0.15) is 0 Å². The van der Waals surface area contributed by atoms with E-state index in [0.717, 1.165) is 42.5 Å². The number of aryl methyl sites for hydroxylation is 1. The second-order valence-corrected chi connectivity index (χ2v) is 12.6. The quantitative estimate of drug-likeness (QED) is 0.660. The minimum atomic E-state index is -3.93. The summed E-state index contributed by atoms with van der Waals surface area (Å²) < 4.78 is 51.2. The maximum Gasteiger partial charge on any atom is 0.291 e. The van der Waals surface area contributed by atoms with E-state index in [1.54, 1.807) is 18.3 Å². The van der Waals surface area contributed by atoms with Crippen molar-refractivity contribution in [3.63, 3.8) is 0 Å². The van der Waals surface area contributed by atoms with Crippen molar-refractivity contribution in [2.75, 3.05) is 23.4 Å². The maximum atomic E-state index is 12.7. The second-order valence-electron chi connectivity index (χ2n) is 8.49. The van der Waals surface area contributed by atoms with Crippen LogP contribution in [-0.4, -0.2) is 54.5 Å². The molecule has 178 valence electrons. The first-order valence-corrected chi connectivity index (χ1v) is 14.2. The van der Waals surface area contributed by atoms with Gasteiger partial charge >= 0.3 is 0 Å². The van der Waals surface area contributed by atoms with Crippen LogP contribution in [0.1, 0.15) is 66.0 Å². The third-order valence-corrected chi connectivity index (χ3v) is 10.8. The lowest BCUT2D eigenvalue weighted by molar-refractivity contribution is 0.101. The highest BCUT2D eigenvalue weighted by molar-refractivity contribution is 8.04. The molecule has 2 aliphatic rings. The maximum absolute atomic E-state index is 12.7. The molecule has 0 bridgehead atoms. The van der Waals surface area contributed by atoms with E-state index in [9.17, 15) is 21.6 Å². The molecule has 1 saturated heterocycles. The number of benzene rings is 1. The van der Waals surface area contributed by atoms with E-state index in [1.165, 1.54) is 6.92 Å². The first-order chi connectivity index (χ1) is 15.6. The molecule has 1 aliphatic carbocycles. The normalized spacial score (nSPS) is 20.8. The van der Waals surface area contributed by atoms with Gasteiger partial charge in [-0.25, -0.2) is 21.8 Å². The van der Waals surface area contributed by atoms with Crippen LogP contribution in [0.3, 0.4) is 0 Å². The van der Waals surface area contributed by atoms with Crippen LogP contribution in [0.2, 0.25) is 0 Å². The molecule has 0 saturated carbocycles. The predicted molar refractivity (Wildman–Crippen MR) is 127 cm³/mol. The fourth-order valence-corrected chi connectivity index (χ4v) is 9.12. The summed E-state index contributed by atoms with van der Waals surface area (Å²) in [6.07, 6.45) is 7.55. The van der Waals surface area contributed by atoms with Gasteiger partial charge in [0.2, 0.25) is 20.0 Å². The lowest BCUT2D eigenvalue weighted by Gasteiger charge is -2.31. The van der Waals surface area contributed by atoms with Crippen molar-refractivity contribution in [1.82, 2.24) is 13.7 Å². The molecule has 0 spiro atoms. The highest BCUT2D eigenvalue weighted by Gasteiger charge is 2.42. The molecule has 11 heteroatoms. The molecule has 1 aliphatic heterocycles. The van der Waals surface area contributed by atoms with Crippen LogP contribution in [0.25, 0.3) is 5.57 Å². The molecule has 2 aromatic rings. The van der Waals surface area contributed by atoms with Crippen LogP contribution in [0.5, 0.6) is 0 Å². The first-order valence-electron chi connectivity index (χ1n) is 11.0. The Hall–Kier alpha value is -2.50. The zero-order valence-corrected chi connectivity index (χ0v) is 20.3. The smallest absolute Gasteiger partial charge is 0.291 e. The standard InChI is InChI=1S/C22H28N4O5S2/c1-3-26-32(28,29)13-18(14-33(26,30)31)17-9-10-20(19(11-17)16-7-5-4-6-8-16)25-22(27)21-23-12-15(2)24-21/h7,9-12,18H,3-6,8,13-14H2,1-2H3,(H,23,24)(H,25,27). The number of H-pyrrole nitrogens is 1. The van der Waals surface area contributed by atoms with Gasteiger partial charge in [0.15, 0.2) is 5.82 Å². The third-order valence-electron chi connectivity index (χ3n) is 6.02. The van der Waals surface area contributed by atoms with Gasteiger partial charge < -0.3 is 10.3 Å². The van der Waals surface area contributed by atoms with E-state index in [1.807, 2.05) is 13.0 Å². The average Bonchev–Trinajstić information content (AvgIpc) is 3.19. The Bertz CT molecular complexity index is 1280. The fourth-order valence-electron chi connectivity index (χ4n) is 4.46. The topological polar surface area (TPSA) is 129 Å². The number of carbonyl (C=O) groups excluding carboxylic acids is 1. The summed E-state index contributed by atoms with van der Waals surface area (Å²) in [5.74, 6) is -1.39. The summed E-state index contributed by atoms with van der Waals surface area (Å²) in [5, 5.41) is 2.90. The third kappa shape index (κ3) is 4.90. The van der Waals surface area contributed by atoms with E-state index in [-0.39, 0.29) is 29.8 Å². The second kappa shape index (κ2) is 9.03. The van der Waals surface area contributed by atoms with Gasteiger partial charge in [0, 0.05) is 35.6 Å². The number of aromatic amines is 1. The SMILES string of the molecule is CCN1S(=O)(=O)CC(c2ccc(NC(=O)c3ncc(C)[nH]3)c(C3=CCCCC3)c2)CS1(=O)=O. The molecule has 0 radical (unpaired) electrons. The largest absolute Gasteiger partial charge is 0.338 e. The summed E-state index contributed by atoms with van der Waals surface area (Å²) in [5.41, 5.74) is 3.84. The molecule has 0 unspecified atom stereocenters. The van der Waals surface area contributed by atoms with Gasteiger partial charge in [-0.2, -0.15) is 0 Å². The van der Waals surface area contributed by atoms with Gasteiger partial charge in [0.05, 0.1) is 11.5 Å². The lowest BCUT2D eigenvalue weighted by Crippen LogP contribution is -2.47. The number of nitrogens with zero attached hydrogens (tertiary/aromatic N) is 2. The number of hydrogen-bond acceptors (Lipinski definition) is 6.